The highest BCUT2D eigenvalue weighted by molar-refractivity contribution is 5.89. The van der Waals surface area contributed by atoms with E-state index in [-0.39, 0.29) is 12.2 Å². The Morgan fingerprint density at radius 2 is 1.90 bits per heavy atom. The number of carbonyl (C=O) groups excluding carboxylic acids is 1. The maximum Gasteiger partial charge on any atom is 0.159 e. The molecule has 1 fully saturated rings. The largest absolute Gasteiger partial charge is 0.379 e. The number of hydrogen-bond acceptors (Lipinski definition) is 3. The van der Waals surface area contributed by atoms with Crippen LogP contribution < -0.4 is 0 Å². The van der Waals surface area contributed by atoms with Gasteiger partial charge in [0.25, 0.3) is 0 Å². The van der Waals surface area contributed by atoms with Gasteiger partial charge >= 0.3 is 0 Å². The molecule has 1 aromatic rings. The van der Waals surface area contributed by atoms with E-state index in [1.54, 1.807) is 0 Å². The standard InChI is InChI=1S/C15H19F2NO2/c1-15(2,18-5-7-20-8-6-18)14(19)10-11-3-4-12(16)13(17)9-11/h3-4,9H,5-8,10H2,1-2H3. The summed E-state index contributed by atoms with van der Waals surface area (Å²) in [5.74, 6) is -1.82. The lowest BCUT2D eigenvalue weighted by atomic mass is 9.91. The number of halogens is 2. The molecule has 20 heavy (non-hydrogen) atoms. The Labute approximate surface area is 117 Å². The third-order valence-corrected chi connectivity index (χ3v) is 3.83. The molecule has 5 heteroatoms. The van der Waals surface area contributed by atoms with Crippen molar-refractivity contribution in [3.05, 3.63) is 35.4 Å². The molecule has 0 N–H and O–H groups in total. The van der Waals surface area contributed by atoms with Crippen molar-refractivity contribution < 1.29 is 18.3 Å². The lowest BCUT2D eigenvalue weighted by molar-refractivity contribution is -0.131. The molecule has 3 nitrogen and oxygen atoms in total. The molecule has 0 bridgehead atoms. The zero-order chi connectivity index (χ0) is 14.8. The molecular weight excluding hydrogens is 264 g/mol. The first-order chi connectivity index (χ1) is 9.41. The Balaban J connectivity index is 2.07. The van der Waals surface area contributed by atoms with Crippen LogP contribution in [0.1, 0.15) is 19.4 Å². The highest BCUT2D eigenvalue weighted by atomic mass is 19.2. The van der Waals surface area contributed by atoms with Crippen molar-refractivity contribution in [1.29, 1.82) is 0 Å². The SMILES string of the molecule is CC(C)(C(=O)Cc1ccc(F)c(F)c1)N1CCOCC1. The molecule has 1 aliphatic heterocycles. The normalized spacial score (nSPS) is 17.2. The molecule has 0 amide bonds. The smallest absolute Gasteiger partial charge is 0.159 e. The molecule has 1 saturated heterocycles. The van der Waals surface area contributed by atoms with E-state index in [0.29, 0.717) is 31.9 Å². The van der Waals surface area contributed by atoms with Gasteiger partial charge < -0.3 is 4.74 Å². The summed E-state index contributed by atoms with van der Waals surface area (Å²) in [7, 11) is 0. The van der Waals surface area contributed by atoms with Gasteiger partial charge in [0.2, 0.25) is 0 Å². The second kappa shape index (κ2) is 5.97. The van der Waals surface area contributed by atoms with E-state index in [1.807, 2.05) is 13.8 Å². The van der Waals surface area contributed by atoms with Crippen molar-refractivity contribution in [1.82, 2.24) is 4.90 Å². The van der Waals surface area contributed by atoms with Crippen LogP contribution in [0.3, 0.4) is 0 Å². The van der Waals surface area contributed by atoms with Gasteiger partial charge in [-0.3, -0.25) is 9.69 Å². The van der Waals surface area contributed by atoms with Crippen LogP contribution in [0.15, 0.2) is 18.2 Å². The van der Waals surface area contributed by atoms with Crippen LogP contribution in [0.5, 0.6) is 0 Å². The van der Waals surface area contributed by atoms with Gasteiger partial charge in [-0.05, 0) is 31.5 Å². The van der Waals surface area contributed by atoms with Gasteiger partial charge in [0, 0.05) is 19.5 Å². The maximum absolute atomic E-state index is 13.2. The average molecular weight is 283 g/mol. The molecule has 0 saturated carbocycles. The first-order valence-corrected chi connectivity index (χ1v) is 6.71. The summed E-state index contributed by atoms with van der Waals surface area (Å²) in [6, 6.07) is 3.59. The number of ketones is 1. The minimum Gasteiger partial charge on any atom is -0.379 e. The van der Waals surface area contributed by atoms with Gasteiger partial charge in [-0.2, -0.15) is 0 Å². The van der Waals surface area contributed by atoms with Crippen LogP contribution in [0, 0.1) is 11.6 Å². The van der Waals surface area contributed by atoms with Crippen molar-refractivity contribution in [2.45, 2.75) is 25.8 Å². The Hall–Kier alpha value is -1.33. The fourth-order valence-electron chi connectivity index (χ4n) is 2.35. The van der Waals surface area contributed by atoms with Crippen molar-refractivity contribution in [2.75, 3.05) is 26.3 Å². The van der Waals surface area contributed by atoms with E-state index in [9.17, 15) is 13.6 Å². The van der Waals surface area contributed by atoms with Gasteiger partial charge in [0.05, 0.1) is 18.8 Å². The maximum atomic E-state index is 13.2. The van der Waals surface area contributed by atoms with Crippen LogP contribution in [0.2, 0.25) is 0 Å². The van der Waals surface area contributed by atoms with Gasteiger partial charge in [0.15, 0.2) is 17.4 Å². The number of Topliss-reactive ketones (excluding diaryl/α,β-unsaturated/α-hetero) is 1. The van der Waals surface area contributed by atoms with Crippen LogP contribution in [0.25, 0.3) is 0 Å². The summed E-state index contributed by atoms with van der Waals surface area (Å²) in [4.78, 5) is 14.5. The minimum absolute atomic E-state index is 0.00888. The summed E-state index contributed by atoms with van der Waals surface area (Å²) in [6.45, 7) is 6.36. The fraction of sp³-hybridized carbons (Fsp3) is 0.533. The quantitative estimate of drug-likeness (QED) is 0.848. The Bertz CT molecular complexity index is 497. The van der Waals surface area contributed by atoms with Gasteiger partial charge in [0.1, 0.15) is 0 Å². The first-order valence-electron chi connectivity index (χ1n) is 6.71. The molecule has 0 aliphatic carbocycles. The van der Waals surface area contributed by atoms with E-state index in [4.69, 9.17) is 4.74 Å². The minimum atomic E-state index is -0.917. The van der Waals surface area contributed by atoms with E-state index in [0.717, 1.165) is 12.1 Å². The van der Waals surface area contributed by atoms with Crippen LogP contribution in [-0.4, -0.2) is 42.5 Å². The molecule has 2 rings (SSSR count). The molecule has 0 unspecified atom stereocenters. The number of morpholine rings is 1. The van der Waals surface area contributed by atoms with Gasteiger partial charge in [-0.25, -0.2) is 8.78 Å². The molecule has 1 aromatic carbocycles. The second-order valence-electron chi connectivity index (χ2n) is 5.51. The predicted octanol–water partition coefficient (Wildman–Crippen LogP) is 2.19. The summed E-state index contributed by atoms with van der Waals surface area (Å²) in [5, 5.41) is 0. The molecule has 110 valence electrons. The molecular formula is C15H19F2NO2. The Kier molecular flexibility index (Phi) is 4.50. The third-order valence-electron chi connectivity index (χ3n) is 3.83. The Morgan fingerprint density at radius 3 is 2.50 bits per heavy atom. The van der Waals surface area contributed by atoms with Crippen LogP contribution in [0.4, 0.5) is 8.78 Å². The zero-order valence-electron chi connectivity index (χ0n) is 11.8. The van der Waals surface area contributed by atoms with Gasteiger partial charge in [-0.15, -0.1) is 0 Å². The van der Waals surface area contributed by atoms with Crippen LogP contribution >= 0.6 is 0 Å². The van der Waals surface area contributed by atoms with E-state index in [2.05, 4.69) is 4.90 Å². The highest BCUT2D eigenvalue weighted by Gasteiger charge is 2.34. The third kappa shape index (κ3) is 3.22. The van der Waals surface area contributed by atoms with E-state index >= 15 is 0 Å². The Morgan fingerprint density at radius 1 is 1.25 bits per heavy atom. The summed E-state index contributed by atoms with van der Waals surface area (Å²) in [5.41, 5.74) is -0.135. The number of rotatable bonds is 4. The molecule has 0 spiro atoms. The molecule has 0 atom stereocenters. The van der Waals surface area contributed by atoms with Crippen LogP contribution in [-0.2, 0) is 16.0 Å². The second-order valence-corrected chi connectivity index (χ2v) is 5.51. The highest BCUT2D eigenvalue weighted by Crippen LogP contribution is 2.20. The molecule has 1 heterocycles. The molecule has 1 aliphatic rings. The van der Waals surface area contributed by atoms with Crippen molar-refractivity contribution in [2.24, 2.45) is 0 Å². The number of nitrogens with zero attached hydrogens (tertiary/aromatic N) is 1. The van der Waals surface area contributed by atoms with Gasteiger partial charge in [-0.1, -0.05) is 6.07 Å². The number of hydrogen-bond donors (Lipinski definition) is 0. The number of carbonyl (C=O) groups is 1. The number of ether oxygens (including phenoxy) is 1. The lowest BCUT2D eigenvalue weighted by Gasteiger charge is -2.39. The van der Waals surface area contributed by atoms with Crippen molar-refractivity contribution >= 4 is 5.78 Å². The summed E-state index contributed by atoms with van der Waals surface area (Å²) >= 11 is 0. The lowest BCUT2D eigenvalue weighted by Crippen LogP contribution is -2.54. The average Bonchev–Trinajstić information content (AvgIpc) is 2.44. The zero-order valence-corrected chi connectivity index (χ0v) is 11.8. The molecule has 0 radical (unpaired) electrons. The molecule has 0 aromatic heterocycles. The monoisotopic (exact) mass is 283 g/mol. The number of benzene rings is 1. The summed E-state index contributed by atoms with van der Waals surface area (Å²) in [6.07, 6.45) is 0.0988. The topological polar surface area (TPSA) is 29.5 Å². The predicted molar refractivity (Wildman–Crippen MR) is 71.5 cm³/mol. The fourth-order valence-corrected chi connectivity index (χ4v) is 2.35. The first kappa shape index (κ1) is 15.1. The van der Waals surface area contributed by atoms with Crippen molar-refractivity contribution in [3.8, 4) is 0 Å². The van der Waals surface area contributed by atoms with E-state index in [1.165, 1.54) is 6.07 Å². The van der Waals surface area contributed by atoms with E-state index < -0.39 is 17.2 Å². The van der Waals surface area contributed by atoms with Crippen molar-refractivity contribution in [3.63, 3.8) is 0 Å². The summed E-state index contributed by atoms with van der Waals surface area (Å²) < 4.78 is 31.3.